The fourth-order valence-electron chi connectivity index (χ4n) is 4.78. The van der Waals surface area contributed by atoms with Gasteiger partial charge in [-0.05, 0) is 67.4 Å². The number of ether oxygens (including phenoxy) is 2. The van der Waals surface area contributed by atoms with E-state index in [1.165, 1.54) is 0 Å². The SMILES string of the molecule is COc1ncccc1Nc1cc2nc3ccccc3n(-c3ccc(Cl)cc3Cl)c-2cc1=NC1CCOCC1. The molecule has 0 spiro atoms. The Morgan fingerprint density at radius 1 is 1.00 bits per heavy atom. The largest absolute Gasteiger partial charge is 0.480 e. The molecule has 1 aliphatic carbocycles. The Labute approximate surface area is 230 Å². The van der Waals surface area contributed by atoms with Crippen LogP contribution in [0.3, 0.4) is 0 Å². The number of nitrogens with zero attached hydrogens (tertiary/aromatic N) is 4. The fraction of sp³-hybridized carbons (Fsp3) is 0.207. The van der Waals surface area contributed by atoms with Crippen molar-refractivity contribution in [3.05, 3.63) is 88.3 Å². The highest BCUT2D eigenvalue weighted by molar-refractivity contribution is 6.35. The van der Waals surface area contributed by atoms with Crippen molar-refractivity contribution in [3.8, 4) is 23.0 Å². The first-order chi connectivity index (χ1) is 18.6. The molecule has 2 aliphatic heterocycles. The standard InChI is InChI=1S/C29H25Cl2N5O2/c1-37-29-22(6-4-12-32-29)35-23-16-25-28(17-24(23)33-19-10-13-38-14-11-19)36(26-9-8-18(30)15-20(26)31)27-7-3-2-5-21(27)34-25/h2-9,12,15-17,19,35H,10-11,13-14H2,1H3. The summed E-state index contributed by atoms with van der Waals surface area (Å²) < 4.78 is 13.2. The summed E-state index contributed by atoms with van der Waals surface area (Å²) in [5, 5.41) is 5.43. The number of fused-ring (bicyclic) bond motifs is 2. The third-order valence-corrected chi connectivity index (χ3v) is 7.13. The van der Waals surface area contributed by atoms with Gasteiger partial charge in [-0.3, -0.25) is 4.99 Å². The van der Waals surface area contributed by atoms with Gasteiger partial charge in [0.2, 0.25) is 5.88 Å². The second-order valence-corrected chi connectivity index (χ2v) is 9.89. The molecule has 38 heavy (non-hydrogen) atoms. The number of hydrogen-bond donors (Lipinski definition) is 1. The molecule has 0 radical (unpaired) electrons. The number of para-hydroxylation sites is 2. The minimum Gasteiger partial charge on any atom is -0.480 e. The van der Waals surface area contributed by atoms with Crippen LogP contribution in [0.25, 0.3) is 28.1 Å². The van der Waals surface area contributed by atoms with Crippen LogP contribution in [0.2, 0.25) is 10.0 Å². The van der Waals surface area contributed by atoms with Crippen LogP contribution in [0, 0.1) is 0 Å². The highest BCUT2D eigenvalue weighted by atomic mass is 35.5. The lowest BCUT2D eigenvalue weighted by molar-refractivity contribution is 0.0864. The molecule has 0 atom stereocenters. The van der Waals surface area contributed by atoms with Gasteiger partial charge in [-0.2, -0.15) is 0 Å². The van der Waals surface area contributed by atoms with Crippen LogP contribution in [0.5, 0.6) is 5.88 Å². The van der Waals surface area contributed by atoms with E-state index in [1.807, 2.05) is 54.6 Å². The molecule has 1 saturated heterocycles. The van der Waals surface area contributed by atoms with Gasteiger partial charge in [-0.15, -0.1) is 0 Å². The average molecular weight is 546 g/mol. The van der Waals surface area contributed by atoms with Crippen LogP contribution in [-0.2, 0) is 4.74 Å². The van der Waals surface area contributed by atoms with E-state index in [0.29, 0.717) is 29.1 Å². The molecule has 1 N–H and O–H groups in total. The predicted molar refractivity (Wildman–Crippen MR) is 151 cm³/mol. The van der Waals surface area contributed by atoms with Gasteiger partial charge in [0.05, 0.1) is 57.3 Å². The molecule has 6 rings (SSSR count). The van der Waals surface area contributed by atoms with Crippen LogP contribution in [0.4, 0.5) is 11.4 Å². The summed E-state index contributed by atoms with van der Waals surface area (Å²) >= 11 is 13.0. The van der Waals surface area contributed by atoms with E-state index < -0.39 is 0 Å². The second kappa shape index (κ2) is 10.6. The average Bonchev–Trinajstić information content (AvgIpc) is 2.93. The van der Waals surface area contributed by atoms with Crippen molar-refractivity contribution < 1.29 is 9.47 Å². The molecule has 0 bridgehead atoms. The van der Waals surface area contributed by atoms with Gasteiger partial charge >= 0.3 is 0 Å². The number of methoxy groups -OCH3 is 1. The summed E-state index contributed by atoms with van der Waals surface area (Å²) in [5.74, 6) is 0.499. The van der Waals surface area contributed by atoms with Gasteiger partial charge in [0, 0.05) is 24.4 Å². The van der Waals surface area contributed by atoms with Gasteiger partial charge in [-0.1, -0.05) is 35.3 Å². The zero-order chi connectivity index (χ0) is 26.1. The molecule has 9 heteroatoms. The summed E-state index contributed by atoms with van der Waals surface area (Å²) in [6, 6.07) is 21.6. The number of hydrogen-bond acceptors (Lipinski definition) is 6. The Kier molecular flexibility index (Phi) is 6.89. The Hall–Kier alpha value is -3.65. The van der Waals surface area contributed by atoms with Gasteiger partial charge in [0.25, 0.3) is 0 Å². The molecule has 2 aromatic carbocycles. The van der Waals surface area contributed by atoms with E-state index in [9.17, 15) is 0 Å². The van der Waals surface area contributed by atoms with Gasteiger partial charge in [0.15, 0.2) is 0 Å². The predicted octanol–water partition coefficient (Wildman–Crippen LogP) is 6.66. The first-order valence-corrected chi connectivity index (χ1v) is 13.1. The summed E-state index contributed by atoms with van der Waals surface area (Å²) in [6.07, 6.45) is 3.43. The van der Waals surface area contributed by atoms with Gasteiger partial charge < -0.3 is 19.4 Å². The summed E-state index contributed by atoms with van der Waals surface area (Å²) in [4.78, 5) is 14.5. The number of benzene rings is 3. The Bertz CT molecular complexity index is 1660. The zero-order valence-electron chi connectivity index (χ0n) is 20.7. The van der Waals surface area contributed by atoms with Crippen molar-refractivity contribution in [1.29, 1.82) is 0 Å². The summed E-state index contributed by atoms with van der Waals surface area (Å²) in [7, 11) is 1.60. The van der Waals surface area contributed by atoms with Crippen LogP contribution in [0.15, 0.2) is 77.9 Å². The van der Waals surface area contributed by atoms with Crippen molar-refractivity contribution in [1.82, 2.24) is 14.5 Å². The topological polar surface area (TPSA) is 73.6 Å². The lowest BCUT2D eigenvalue weighted by Crippen LogP contribution is -2.23. The first kappa shape index (κ1) is 24.7. The minimum atomic E-state index is 0.151. The molecule has 0 amide bonds. The number of nitrogens with one attached hydrogen (secondary N) is 1. The second-order valence-electron chi connectivity index (χ2n) is 9.05. The van der Waals surface area contributed by atoms with Crippen molar-refractivity contribution in [2.45, 2.75) is 18.9 Å². The molecule has 3 aliphatic rings. The van der Waals surface area contributed by atoms with Crippen LogP contribution >= 0.6 is 23.2 Å². The third-order valence-electron chi connectivity index (χ3n) is 6.59. The molecule has 3 heterocycles. The van der Waals surface area contributed by atoms with E-state index in [1.54, 1.807) is 19.4 Å². The lowest BCUT2D eigenvalue weighted by atomic mass is 10.1. The highest BCUT2D eigenvalue weighted by Crippen LogP contribution is 2.34. The third kappa shape index (κ3) is 4.80. The molecule has 3 aromatic rings. The maximum absolute atomic E-state index is 6.74. The first-order valence-electron chi connectivity index (χ1n) is 12.4. The summed E-state index contributed by atoms with van der Waals surface area (Å²) in [6.45, 7) is 1.40. The van der Waals surface area contributed by atoms with E-state index in [0.717, 1.165) is 57.7 Å². The number of rotatable bonds is 5. The number of pyridine rings is 1. The Morgan fingerprint density at radius 3 is 2.66 bits per heavy atom. The number of aromatic nitrogens is 3. The maximum Gasteiger partial charge on any atom is 0.237 e. The van der Waals surface area contributed by atoms with Crippen molar-refractivity contribution in [2.75, 3.05) is 25.6 Å². The highest BCUT2D eigenvalue weighted by Gasteiger charge is 2.20. The zero-order valence-corrected chi connectivity index (χ0v) is 22.2. The monoisotopic (exact) mass is 545 g/mol. The van der Waals surface area contributed by atoms with Crippen LogP contribution in [0.1, 0.15) is 12.8 Å². The molecule has 1 fully saturated rings. The normalized spacial score (nSPS) is 14.8. The molecule has 1 aromatic heterocycles. The fourth-order valence-corrected chi connectivity index (χ4v) is 5.27. The van der Waals surface area contributed by atoms with Crippen LogP contribution in [-0.4, -0.2) is 40.9 Å². The van der Waals surface area contributed by atoms with E-state index in [4.69, 9.17) is 42.7 Å². The maximum atomic E-state index is 6.74. The molecule has 0 saturated carbocycles. The molecule has 192 valence electrons. The van der Waals surface area contributed by atoms with E-state index in [2.05, 4.69) is 20.9 Å². The Morgan fingerprint density at radius 2 is 1.84 bits per heavy atom. The molecular weight excluding hydrogens is 521 g/mol. The van der Waals surface area contributed by atoms with E-state index in [-0.39, 0.29) is 6.04 Å². The van der Waals surface area contributed by atoms with E-state index >= 15 is 0 Å². The summed E-state index contributed by atoms with van der Waals surface area (Å²) in [5.41, 5.74) is 5.79. The van der Waals surface area contributed by atoms with Crippen molar-refractivity contribution in [3.63, 3.8) is 0 Å². The molecule has 0 unspecified atom stereocenters. The molecular formula is C29H25Cl2N5O2. The van der Waals surface area contributed by atoms with Gasteiger partial charge in [0.1, 0.15) is 5.69 Å². The smallest absolute Gasteiger partial charge is 0.237 e. The number of halogens is 2. The van der Waals surface area contributed by atoms with Gasteiger partial charge in [-0.25, -0.2) is 9.97 Å². The van der Waals surface area contributed by atoms with Crippen molar-refractivity contribution in [2.24, 2.45) is 4.99 Å². The number of anilines is 2. The van der Waals surface area contributed by atoms with Crippen LogP contribution < -0.4 is 15.4 Å². The van der Waals surface area contributed by atoms with Crippen molar-refractivity contribution >= 4 is 45.6 Å². The lowest BCUT2D eigenvalue weighted by Gasteiger charge is -2.22. The quantitative estimate of drug-likeness (QED) is 0.250. The minimum absolute atomic E-state index is 0.151. The Balaban J connectivity index is 1.64. The molecule has 7 nitrogen and oxygen atoms in total.